The molecule has 0 atom stereocenters. The molecule has 1 saturated carbocycles. The number of amides is 1. The lowest BCUT2D eigenvalue weighted by Crippen LogP contribution is -2.33. The van der Waals surface area contributed by atoms with Gasteiger partial charge in [0.1, 0.15) is 0 Å². The second-order valence-corrected chi connectivity index (χ2v) is 4.28. The summed E-state index contributed by atoms with van der Waals surface area (Å²) in [6, 6.07) is 10.6. The molecule has 2 rings (SSSR count). The van der Waals surface area contributed by atoms with E-state index in [0.717, 1.165) is 19.4 Å². The summed E-state index contributed by atoms with van der Waals surface area (Å²) in [5.41, 5.74) is 6.63. The Bertz CT molecular complexity index is 346. The number of carbonyl (C=O) groups is 1. The van der Waals surface area contributed by atoms with Crippen LogP contribution in [0.25, 0.3) is 0 Å². The molecule has 0 spiro atoms. The van der Waals surface area contributed by atoms with Gasteiger partial charge in [0.25, 0.3) is 0 Å². The molecule has 1 aromatic rings. The van der Waals surface area contributed by atoms with Crippen LogP contribution in [0.5, 0.6) is 0 Å². The van der Waals surface area contributed by atoms with Gasteiger partial charge in [-0.05, 0) is 18.4 Å². The first kappa shape index (κ1) is 11.1. The van der Waals surface area contributed by atoms with Crippen molar-refractivity contribution < 1.29 is 4.79 Å². The zero-order valence-electron chi connectivity index (χ0n) is 9.43. The lowest BCUT2D eigenvalue weighted by atomic mass is 10.2. The zero-order valence-corrected chi connectivity index (χ0v) is 9.43. The molecule has 1 amide bonds. The van der Waals surface area contributed by atoms with E-state index in [1.54, 1.807) is 0 Å². The van der Waals surface area contributed by atoms with Crippen molar-refractivity contribution in [1.29, 1.82) is 0 Å². The lowest BCUT2D eigenvalue weighted by molar-refractivity contribution is -0.132. The van der Waals surface area contributed by atoms with Crippen LogP contribution in [0, 0.1) is 0 Å². The molecule has 0 unspecified atom stereocenters. The number of nitrogens with two attached hydrogens (primary N) is 1. The summed E-state index contributed by atoms with van der Waals surface area (Å²) in [6.07, 6.45) is 2.75. The summed E-state index contributed by atoms with van der Waals surface area (Å²) in [7, 11) is 0. The average Bonchev–Trinajstić information content (AvgIpc) is 3.11. The van der Waals surface area contributed by atoms with Gasteiger partial charge in [0.05, 0.1) is 0 Å². The second kappa shape index (κ2) is 5.12. The third kappa shape index (κ3) is 2.83. The summed E-state index contributed by atoms with van der Waals surface area (Å²) in [4.78, 5) is 13.8. The summed E-state index contributed by atoms with van der Waals surface area (Å²) < 4.78 is 0. The third-order valence-electron chi connectivity index (χ3n) is 2.86. The number of carbonyl (C=O) groups excluding carboxylic acids is 1. The van der Waals surface area contributed by atoms with Crippen molar-refractivity contribution in [2.75, 3.05) is 6.54 Å². The van der Waals surface area contributed by atoms with E-state index in [1.165, 1.54) is 5.56 Å². The first-order chi connectivity index (χ1) is 7.81. The zero-order chi connectivity index (χ0) is 11.4. The third-order valence-corrected chi connectivity index (χ3v) is 2.86. The molecular formula is C13H18N2O. The van der Waals surface area contributed by atoms with Gasteiger partial charge in [-0.3, -0.25) is 4.79 Å². The first-order valence-corrected chi connectivity index (χ1v) is 5.84. The van der Waals surface area contributed by atoms with Gasteiger partial charge >= 0.3 is 0 Å². The topological polar surface area (TPSA) is 46.3 Å². The van der Waals surface area contributed by atoms with Crippen LogP contribution in [-0.2, 0) is 11.3 Å². The summed E-state index contributed by atoms with van der Waals surface area (Å²) in [5.74, 6) is 0.189. The molecule has 0 bridgehead atoms. The van der Waals surface area contributed by atoms with Gasteiger partial charge in [0, 0.05) is 25.6 Å². The quantitative estimate of drug-likeness (QED) is 0.814. The van der Waals surface area contributed by atoms with Gasteiger partial charge < -0.3 is 10.6 Å². The minimum absolute atomic E-state index is 0.189. The van der Waals surface area contributed by atoms with E-state index >= 15 is 0 Å². The van der Waals surface area contributed by atoms with Gasteiger partial charge in [0.2, 0.25) is 5.91 Å². The number of hydrogen-bond donors (Lipinski definition) is 1. The van der Waals surface area contributed by atoms with Crippen LogP contribution < -0.4 is 5.73 Å². The van der Waals surface area contributed by atoms with Gasteiger partial charge in [-0.2, -0.15) is 0 Å². The molecule has 0 saturated heterocycles. The van der Waals surface area contributed by atoms with Gasteiger partial charge in [-0.15, -0.1) is 0 Å². The predicted molar refractivity (Wildman–Crippen MR) is 63.7 cm³/mol. The maximum absolute atomic E-state index is 11.9. The van der Waals surface area contributed by atoms with Crippen LogP contribution in [0.2, 0.25) is 0 Å². The van der Waals surface area contributed by atoms with Crippen molar-refractivity contribution in [3.63, 3.8) is 0 Å². The number of rotatable bonds is 5. The molecule has 16 heavy (non-hydrogen) atoms. The van der Waals surface area contributed by atoms with Gasteiger partial charge in [-0.1, -0.05) is 30.3 Å². The van der Waals surface area contributed by atoms with Crippen LogP contribution in [-0.4, -0.2) is 23.4 Å². The van der Waals surface area contributed by atoms with E-state index < -0.39 is 0 Å². The van der Waals surface area contributed by atoms with E-state index in [9.17, 15) is 4.79 Å². The first-order valence-electron chi connectivity index (χ1n) is 5.84. The van der Waals surface area contributed by atoms with Crippen LogP contribution in [0.15, 0.2) is 30.3 Å². The molecule has 2 N–H and O–H groups in total. The average molecular weight is 218 g/mol. The smallest absolute Gasteiger partial charge is 0.224 e. The molecule has 0 heterocycles. The van der Waals surface area contributed by atoms with Crippen LogP contribution in [0.1, 0.15) is 24.8 Å². The van der Waals surface area contributed by atoms with Gasteiger partial charge in [0.15, 0.2) is 0 Å². The number of benzene rings is 1. The molecule has 3 nitrogen and oxygen atoms in total. The monoisotopic (exact) mass is 218 g/mol. The normalized spacial score (nSPS) is 14.8. The molecule has 1 aliphatic rings. The standard InChI is InChI=1S/C13H18N2O/c14-9-8-13(16)15(12-6-7-12)10-11-4-2-1-3-5-11/h1-5,12H,6-10,14H2. The highest BCUT2D eigenvalue weighted by atomic mass is 16.2. The van der Waals surface area contributed by atoms with E-state index in [1.807, 2.05) is 23.1 Å². The fraction of sp³-hybridized carbons (Fsp3) is 0.462. The number of nitrogens with zero attached hydrogens (tertiary/aromatic N) is 1. The fourth-order valence-corrected chi connectivity index (χ4v) is 1.85. The molecule has 86 valence electrons. The predicted octanol–water partition coefficient (Wildman–Crippen LogP) is 1.53. The molecule has 1 fully saturated rings. The maximum Gasteiger partial charge on any atom is 0.224 e. The van der Waals surface area contributed by atoms with E-state index in [0.29, 0.717) is 19.0 Å². The molecule has 3 heteroatoms. The lowest BCUT2D eigenvalue weighted by Gasteiger charge is -2.22. The summed E-state index contributed by atoms with van der Waals surface area (Å²) >= 11 is 0. The van der Waals surface area contributed by atoms with Crippen molar-refractivity contribution in [3.8, 4) is 0 Å². The van der Waals surface area contributed by atoms with Crippen LogP contribution >= 0.6 is 0 Å². The Kier molecular flexibility index (Phi) is 3.57. The Morgan fingerprint density at radius 1 is 1.31 bits per heavy atom. The van der Waals surface area contributed by atoms with E-state index in [4.69, 9.17) is 5.73 Å². The molecule has 1 aliphatic carbocycles. The maximum atomic E-state index is 11.9. The minimum atomic E-state index is 0.189. The highest BCUT2D eigenvalue weighted by Crippen LogP contribution is 2.28. The highest BCUT2D eigenvalue weighted by Gasteiger charge is 2.31. The summed E-state index contributed by atoms with van der Waals surface area (Å²) in [5, 5.41) is 0. The van der Waals surface area contributed by atoms with E-state index in [-0.39, 0.29) is 5.91 Å². The Balaban J connectivity index is 2.00. The molecule has 0 radical (unpaired) electrons. The van der Waals surface area contributed by atoms with E-state index in [2.05, 4.69) is 12.1 Å². The molecule has 0 aromatic heterocycles. The van der Waals surface area contributed by atoms with Crippen LogP contribution in [0.4, 0.5) is 0 Å². The SMILES string of the molecule is NCCC(=O)N(Cc1ccccc1)C1CC1. The minimum Gasteiger partial charge on any atom is -0.335 e. The highest BCUT2D eigenvalue weighted by molar-refractivity contribution is 5.77. The Morgan fingerprint density at radius 2 is 2.00 bits per heavy atom. The fourth-order valence-electron chi connectivity index (χ4n) is 1.85. The van der Waals surface area contributed by atoms with Gasteiger partial charge in [-0.25, -0.2) is 0 Å². The largest absolute Gasteiger partial charge is 0.335 e. The van der Waals surface area contributed by atoms with Crippen molar-refractivity contribution in [1.82, 2.24) is 4.90 Å². The molecular weight excluding hydrogens is 200 g/mol. The van der Waals surface area contributed by atoms with Crippen molar-refractivity contribution in [2.24, 2.45) is 5.73 Å². The number of hydrogen-bond acceptors (Lipinski definition) is 2. The second-order valence-electron chi connectivity index (χ2n) is 4.28. The molecule has 1 aromatic carbocycles. The molecule has 0 aliphatic heterocycles. The Hall–Kier alpha value is -1.35. The van der Waals surface area contributed by atoms with Crippen LogP contribution in [0.3, 0.4) is 0 Å². The van der Waals surface area contributed by atoms with Crippen molar-refractivity contribution in [3.05, 3.63) is 35.9 Å². The summed E-state index contributed by atoms with van der Waals surface area (Å²) in [6.45, 7) is 1.17. The van der Waals surface area contributed by atoms with Crippen molar-refractivity contribution in [2.45, 2.75) is 31.8 Å². The Labute approximate surface area is 96.2 Å². The van der Waals surface area contributed by atoms with Crippen molar-refractivity contribution >= 4 is 5.91 Å². The Morgan fingerprint density at radius 3 is 2.56 bits per heavy atom.